The van der Waals surface area contributed by atoms with Crippen LogP contribution in [-0.2, 0) is 0 Å². The Kier molecular flexibility index (Phi) is 3.32. The molecule has 4 heteroatoms. The molecule has 0 bridgehead atoms. The molecule has 0 saturated carbocycles. The van der Waals surface area contributed by atoms with E-state index >= 15 is 0 Å². The fourth-order valence-electron chi connectivity index (χ4n) is 2.23. The second kappa shape index (κ2) is 5.13. The molecule has 1 aromatic carbocycles. The topological polar surface area (TPSA) is 44.9 Å². The lowest BCUT2D eigenvalue weighted by molar-refractivity contribution is 0.0940. The fraction of sp³-hybridized carbons (Fsp3) is 0.188. The van der Waals surface area contributed by atoms with E-state index in [9.17, 15) is 4.79 Å². The summed E-state index contributed by atoms with van der Waals surface area (Å²) in [7, 11) is 0. The third-order valence-corrected chi connectivity index (χ3v) is 4.54. The summed E-state index contributed by atoms with van der Waals surface area (Å²) in [6.07, 6.45) is 1.88. The van der Waals surface area contributed by atoms with Crippen molar-refractivity contribution in [2.45, 2.75) is 19.9 Å². The third-order valence-electron chi connectivity index (χ3n) is 3.35. The van der Waals surface area contributed by atoms with E-state index in [0.717, 1.165) is 10.9 Å². The van der Waals surface area contributed by atoms with Gasteiger partial charge in [0.2, 0.25) is 0 Å². The van der Waals surface area contributed by atoms with Crippen LogP contribution in [0.25, 0.3) is 10.9 Å². The molecular weight excluding hydrogens is 268 g/mol. The number of thiophene rings is 1. The number of aromatic nitrogens is 1. The highest BCUT2D eigenvalue weighted by molar-refractivity contribution is 7.12. The van der Waals surface area contributed by atoms with Crippen molar-refractivity contribution in [2.75, 3.05) is 0 Å². The van der Waals surface area contributed by atoms with Crippen molar-refractivity contribution in [2.24, 2.45) is 0 Å². The molecule has 20 heavy (non-hydrogen) atoms. The van der Waals surface area contributed by atoms with Gasteiger partial charge in [-0.1, -0.05) is 6.07 Å². The van der Waals surface area contributed by atoms with E-state index in [2.05, 4.69) is 29.4 Å². The summed E-state index contributed by atoms with van der Waals surface area (Å²) >= 11 is 1.72. The maximum atomic E-state index is 12.3. The molecule has 3 nitrogen and oxygen atoms in total. The highest BCUT2D eigenvalue weighted by atomic mass is 32.1. The van der Waals surface area contributed by atoms with Gasteiger partial charge in [0.15, 0.2) is 0 Å². The van der Waals surface area contributed by atoms with E-state index in [1.165, 1.54) is 9.75 Å². The second-order valence-corrected chi connectivity index (χ2v) is 6.24. The van der Waals surface area contributed by atoms with E-state index in [4.69, 9.17) is 0 Å². The van der Waals surface area contributed by atoms with E-state index in [0.29, 0.717) is 5.56 Å². The molecule has 3 aromatic rings. The summed E-state index contributed by atoms with van der Waals surface area (Å²) in [4.78, 5) is 17.8. The van der Waals surface area contributed by atoms with E-state index < -0.39 is 0 Å². The summed E-state index contributed by atoms with van der Waals surface area (Å²) in [5, 5.41) is 4.15. The molecule has 2 N–H and O–H groups in total. The third kappa shape index (κ3) is 2.47. The Morgan fingerprint density at radius 1 is 1.25 bits per heavy atom. The predicted octanol–water partition coefficient (Wildman–Crippen LogP) is 4.03. The van der Waals surface area contributed by atoms with Crippen molar-refractivity contribution in [3.63, 3.8) is 0 Å². The summed E-state index contributed by atoms with van der Waals surface area (Å²) in [6, 6.07) is 11.9. The fourth-order valence-corrected chi connectivity index (χ4v) is 3.11. The zero-order valence-corrected chi connectivity index (χ0v) is 12.3. The summed E-state index contributed by atoms with van der Waals surface area (Å²) in [5.41, 5.74) is 1.66. The number of rotatable bonds is 3. The lowest BCUT2D eigenvalue weighted by Crippen LogP contribution is -2.26. The molecule has 3 rings (SSSR count). The Morgan fingerprint density at radius 2 is 2.10 bits per heavy atom. The number of benzene rings is 1. The molecule has 1 amide bonds. The van der Waals surface area contributed by atoms with Crippen molar-refractivity contribution >= 4 is 28.1 Å². The van der Waals surface area contributed by atoms with Gasteiger partial charge >= 0.3 is 0 Å². The standard InChI is InChI=1S/C16H16N2OS/c1-10-3-6-15(20-10)11(2)18-16(19)13-5-4-12-7-8-17-14(12)9-13/h3-9,11,17H,1-2H3,(H,18,19). The van der Waals surface area contributed by atoms with Gasteiger partial charge in [0.05, 0.1) is 6.04 Å². The van der Waals surface area contributed by atoms with Crippen LogP contribution < -0.4 is 5.32 Å². The van der Waals surface area contributed by atoms with Crippen molar-refractivity contribution in [1.29, 1.82) is 0 Å². The number of aryl methyl sites for hydroxylation is 1. The first-order chi connectivity index (χ1) is 9.63. The SMILES string of the molecule is Cc1ccc(C(C)NC(=O)c2ccc3cc[nH]c3c2)s1. The van der Waals surface area contributed by atoms with Gasteiger partial charge in [0.25, 0.3) is 5.91 Å². The van der Waals surface area contributed by atoms with Crippen LogP contribution in [0.1, 0.15) is 33.1 Å². The quantitative estimate of drug-likeness (QED) is 0.749. The van der Waals surface area contributed by atoms with Gasteiger partial charge in [0.1, 0.15) is 0 Å². The van der Waals surface area contributed by atoms with Crippen LogP contribution in [0.5, 0.6) is 0 Å². The van der Waals surface area contributed by atoms with Crippen LogP contribution in [-0.4, -0.2) is 10.9 Å². The monoisotopic (exact) mass is 284 g/mol. The molecule has 102 valence electrons. The number of aromatic amines is 1. The Labute approximate surface area is 121 Å². The van der Waals surface area contributed by atoms with Gasteiger partial charge in [-0.3, -0.25) is 4.79 Å². The first-order valence-electron chi connectivity index (χ1n) is 6.58. The van der Waals surface area contributed by atoms with E-state index in [-0.39, 0.29) is 11.9 Å². The number of hydrogen-bond acceptors (Lipinski definition) is 2. The van der Waals surface area contributed by atoms with Crippen LogP contribution >= 0.6 is 11.3 Å². The zero-order chi connectivity index (χ0) is 14.1. The zero-order valence-electron chi connectivity index (χ0n) is 11.4. The Bertz CT molecular complexity index is 757. The number of carbonyl (C=O) groups is 1. The number of carbonyl (C=O) groups excluding carboxylic acids is 1. The molecule has 1 atom stereocenters. The van der Waals surface area contributed by atoms with Gasteiger partial charge in [-0.25, -0.2) is 0 Å². The number of fused-ring (bicyclic) bond motifs is 1. The molecule has 0 aliphatic rings. The number of H-pyrrole nitrogens is 1. The molecule has 0 aliphatic carbocycles. The number of nitrogens with one attached hydrogen (secondary N) is 2. The first kappa shape index (κ1) is 12.9. The maximum Gasteiger partial charge on any atom is 0.251 e. The first-order valence-corrected chi connectivity index (χ1v) is 7.39. The van der Waals surface area contributed by atoms with Gasteiger partial charge in [-0.15, -0.1) is 11.3 Å². The normalized spacial score (nSPS) is 12.5. The molecule has 0 radical (unpaired) electrons. The van der Waals surface area contributed by atoms with Crippen LogP contribution in [0.4, 0.5) is 0 Å². The number of amides is 1. The average Bonchev–Trinajstić information content (AvgIpc) is 3.05. The molecule has 0 fully saturated rings. The van der Waals surface area contributed by atoms with Gasteiger partial charge in [-0.2, -0.15) is 0 Å². The van der Waals surface area contributed by atoms with Crippen molar-refractivity contribution in [3.05, 3.63) is 57.9 Å². The molecule has 2 heterocycles. The molecule has 0 aliphatic heterocycles. The number of hydrogen-bond donors (Lipinski definition) is 2. The lowest BCUT2D eigenvalue weighted by atomic mass is 10.1. The summed E-state index contributed by atoms with van der Waals surface area (Å²) < 4.78 is 0. The maximum absolute atomic E-state index is 12.3. The second-order valence-electron chi connectivity index (χ2n) is 4.92. The molecule has 2 aromatic heterocycles. The van der Waals surface area contributed by atoms with E-state index in [1.807, 2.05) is 37.4 Å². The molecular formula is C16H16N2OS. The highest BCUT2D eigenvalue weighted by Gasteiger charge is 2.13. The van der Waals surface area contributed by atoms with Crippen LogP contribution in [0, 0.1) is 6.92 Å². The highest BCUT2D eigenvalue weighted by Crippen LogP contribution is 2.23. The average molecular weight is 284 g/mol. The molecule has 0 saturated heterocycles. The lowest BCUT2D eigenvalue weighted by Gasteiger charge is -2.12. The van der Waals surface area contributed by atoms with Crippen molar-refractivity contribution in [1.82, 2.24) is 10.3 Å². The minimum Gasteiger partial charge on any atom is -0.361 e. The molecule has 0 spiro atoms. The summed E-state index contributed by atoms with van der Waals surface area (Å²) in [6.45, 7) is 4.08. The Balaban J connectivity index is 1.78. The van der Waals surface area contributed by atoms with Crippen LogP contribution in [0.15, 0.2) is 42.6 Å². The largest absolute Gasteiger partial charge is 0.361 e. The van der Waals surface area contributed by atoms with Gasteiger partial charge in [-0.05, 0) is 49.6 Å². The predicted molar refractivity (Wildman–Crippen MR) is 83.2 cm³/mol. The molecule has 1 unspecified atom stereocenters. The van der Waals surface area contributed by atoms with Gasteiger partial charge in [0, 0.05) is 27.0 Å². The smallest absolute Gasteiger partial charge is 0.251 e. The van der Waals surface area contributed by atoms with Crippen molar-refractivity contribution in [3.8, 4) is 0 Å². The van der Waals surface area contributed by atoms with Crippen LogP contribution in [0.2, 0.25) is 0 Å². The summed E-state index contributed by atoms with van der Waals surface area (Å²) in [5.74, 6) is -0.0416. The van der Waals surface area contributed by atoms with Crippen LogP contribution in [0.3, 0.4) is 0 Å². The Morgan fingerprint density at radius 3 is 2.85 bits per heavy atom. The van der Waals surface area contributed by atoms with Crippen molar-refractivity contribution < 1.29 is 4.79 Å². The Hall–Kier alpha value is -2.07. The van der Waals surface area contributed by atoms with E-state index in [1.54, 1.807) is 11.3 Å². The minimum atomic E-state index is -0.0416. The van der Waals surface area contributed by atoms with Gasteiger partial charge < -0.3 is 10.3 Å². The minimum absolute atomic E-state index is 0.0283.